The van der Waals surface area contributed by atoms with Gasteiger partial charge in [-0.15, -0.1) is 0 Å². The van der Waals surface area contributed by atoms with E-state index in [1.54, 1.807) is 0 Å². The zero-order chi connectivity index (χ0) is 24.2. The van der Waals surface area contributed by atoms with Crippen molar-refractivity contribution < 1.29 is 19.1 Å². The van der Waals surface area contributed by atoms with Gasteiger partial charge in [-0.2, -0.15) is 0 Å². The molecule has 0 aromatic heterocycles. The zero-order valence-corrected chi connectivity index (χ0v) is 20.6. The summed E-state index contributed by atoms with van der Waals surface area (Å²) < 4.78 is 5.55. The van der Waals surface area contributed by atoms with E-state index >= 15 is 0 Å². The van der Waals surface area contributed by atoms with Gasteiger partial charge in [0.25, 0.3) is 11.8 Å². The summed E-state index contributed by atoms with van der Waals surface area (Å²) in [6.07, 6.45) is 7.61. The number of piperazine rings is 1. The first kappa shape index (κ1) is 24.1. The van der Waals surface area contributed by atoms with E-state index in [1.165, 1.54) is 12.8 Å². The highest BCUT2D eigenvalue weighted by atomic mass is 16.5. The van der Waals surface area contributed by atoms with Gasteiger partial charge in [0, 0.05) is 63.5 Å². The average molecular weight is 483 g/mol. The minimum absolute atomic E-state index is 0.0291. The minimum atomic E-state index is -0.302. The lowest BCUT2D eigenvalue weighted by Gasteiger charge is -2.38. The summed E-state index contributed by atoms with van der Waals surface area (Å²) in [4.78, 5) is 44.6. The Balaban J connectivity index is 1.15. The van der Waals surface area contributed by atoms with Gasteiger partial charge in [-0.3, -0.25) is 14.4 Å². The number of anilines is 1. The molecule has 1 saturated carbocycles. The number of nitrogens with zero attached hydrogens (tertiary/aromatic N) is 3. The van der Waals surface area contributed by atoms with Gasteiger partial charge in [-0.25, -0.2) is 0 Å². The molecule has 0 radical (unpaired) electrons. The first-order valence-corrected chi connectivity index (χ1v) is 13.4. The number of carbonyl (C=O) groups is 3. The summed E-state index contributed by atoms with van der Waals surface area (Å²) in [7, 11) is 0. The molecule has 5 rings (SSSR count). The Labute approximate surface area is 207 Å². The van der Waals surface area contributed by atoms with Crippen LogP contribution >= 0.6 is 0 Å². The van der Waals surface area contributed by atoms with Crippen LogP contribution < -0.4 is 10.2 Å². The number of nitrogens with one attached hydrogen (secondary N) is 1. The molecular weight excluding hydrogens is 444 g/mol. The fourth-order valence-corrected chi connectivity index (χ4v) is 5.98. The van der Waals surface area contributed by atoms with Crippen LogP contribution in [0.3, 0.4) is 0 Å². The molecule has 8 heteroatoms. The number of ether oxygens (including phenoxy) is 1. The zero-order valence-electron chi connectivity index (χ0n) is 20.6. The van der Waals surface area contributed by atoms with Gasteiger partial charge in [-0.1, -0.05) is 25.0 Å². The lowest BCUT2D eigenvalue weighted by atomic mass is 10.0. The number of benzene rings is 1. The van der Waals surface area contributed by atoms with E-state index in [-0.39, 0.29) is 35.8 Å². The van der Waals surface area contributed by atoms with Gasteiger partial charge in [-0.05, 0) is 50.7 Å². The highest BCUT2D eigenvalue weighted by Crippen LogP contribution is 2.28. The second-order valence-corrected chi connectivity index (χ2v) is 10.4. The number of para-hydroxylation sites is 1. The molecule has 0 unspecified atom stereocenters. The predicted molar refractivity (Wildman–Crippen MR) is 133 cm³/mol. The van der Waals surface area contributed by atoms with Crippen LogP contribution in [-0.4, -0.2) is 85.5 Å². The van der Waals surface area contributed by atoms with Crippen LogP contribution in [0.5, 0.6) is 0 Å². The number of rotatable bonds is 5. The number of hydrogen-bond donors (Lipinski definition) is 1. The number of amides is 3. The summed E-state index contributed by atoms with van der Waals surface area (Å²) in [5.41, 5.74) is 1.69. The molecule has 3 saturated heterocycles. The monoisotopic (exact) mass is 482 g/mol. The SMILES string of the molecule is O=C(NC1CCN(c2ccccc2C(=O)N2CCN(C(=O)[C@@H]3CCCO3)CC2)CC1)C1CCCC1. The van der Waals surface area contributed by atoms with Gasteiger partial charge in [0.15, 0.2) is 0 Å². The van der Waals surface area contributed by atoms with E-state index in [4.69, 9.17) is 4.74 Å². The molecule has 8 nitrogen and oxygen atoms in total. The lowest BCUT2D eigenvalue weighted by Crippen LogP contribution is -2.53. The van der Waals surface area contributed by atoms with Crippen molar-refractivity contribution >= 4 is 23.4 Å². The second kappa shape index (κ2) is 11.0. The van der Waals surface area contributed by atoms with Crippen molar-refractivity contribution in [3.63, 3.8) is 0 Å². The third-order valence-electron chi connectivity index (χ3n) is 8.13. The Kier molecular flexibility index (Phi) is 7.56. The van der Waals surface area contributed by atoms with Crippen molar-refractivity contribution in [1.82, 2.24) is 15.1 Å². The van der Waals surface area contributed by atoms with Gasteiger partial charge in [0.2, 0.25) is 5.91 Å². The van der Waals surface area contributed by atoms with Gasteiger partial charge >= 0.3 is 0 Å². The fraction of sp³-hybridized carbons (Fsp3) is 0.667. The highest BCUT2D eigenvalue weighted by molar-refractivity contribution is 6.00. The second-order valence-electron chi connectivity index (χ2n) is 10.4. The Morgan fingerprint density at radius 3 is 2.17 bits per heavy atom. The van der Waals surface area contributed by atoms with E-state index in [0.717, 1.165) is 62.9 Å². The van der Waals surface area contributed by atoms with Gasteiger partial charge < -0.3 is 24.8 Å². The molecule has 1 N–H and O–H groups in total. The predicted octanol–water partition coefficient (Wildman–Crippen LogP) is 2.43. The number of carbonyl (C=O) groups excluding carboxylic acids is 3. The van der Waals surface area contributed by atoms with Crippen molar-refractivity contribution in [2.24, 2.45) is 5.92 Å². The molecule has 4 fully saturated rings. The lowest BCUT2D eigenvalue weighted by molar-refractivity contribution is -0.142. The number of hydrogen-bond acceptors (Lipinski definition) is 5. The fourth-order valence-electron chi connectivity index (χ4n) is 5.98. The normalized spacial score (nSPS) is 24.1. The molecule has 0 spiro atoms. The summed E-state index contributed by atoms with van der Waals surface area (Å²) >= 11 is 0. The third kappa shape index (κ3) is 5.47. The average Bonchev–Trinajstić information content (AvgIpc) is 3.64. The Bertz CT molecular complexity index is 910. The van der Waals surface area contributed by atoms with Gasteiger partial charge in [0.1, 0.15) is 6.10 Å². The molecule has 4 aliphatic rings. The third-order valence-corrected chi connectivity index (χ3v) is 8.13. The topological polar surface area (TPSA) is 82.2 Å². The van der Waals surface area contributed by atoms with E-state index in [1.807, 2.05) is 34.1 Å². The van der Waals surface area contributed by atoms with E-state index in [0.29, 0.717) is 32.8 Å². The van der Waals surface area contributed by atoms with Crippen LogP contribution in [0, 0.1) is 5.92 Å². The first-order valence-electron chi connectivity index (χ1n) is 13.4. The molecule has 3 aliphatic heterocycles. The molecule has 3 heterocycles. The van der Waals surface area contributed by atoms with Crippen LogP contribution in [-0.2, 0) is 14.3 Å². The van der Waals surface area contributed by atoms with Crippen LogP contribution in [0.15, 0.2) is 24.3 Å². The maximum absolute atomic E-state index is 13.5. The summed E-state index contributed by atoms with van der Waals surface area (Å²) in [5.74, 6) is 0.529. The molecule has 0 bridgehead atoms. The maximum Gasteiger partial charge on any atom is 0.256 e. The van der Waals surface area contributed by atoms with Gasteiger partial charge in [0.05, 0.1) is 5.56 Å². The standard InChI is InChI=1S/C27H38N4O4/c32-25(20-6-1-2-7-20)28-21-11-13-29(14-12-21)23-9-4-3-8-22(23)26(33)30-15-17-31(18-16-30)27(34)24-10-5-19-35-24/h3-4,8-9,20-21,24H,1-2,5-7,10-19H2,(H,28,32)/t24-/m0/s1. The summed E-state index contributed by atoms with van der Waals surface area (Å²) in [6, 6.07) is 8.06. The molecule has 1 aliphatic carbocycles. The molecule has 3 amide bonds. The van der Waals surface area contributed by atoms with Crippen LogP contribution in [0.1, 0.15) is 61.7 Å². The van der Waals surface area contributed by atoms with Crippen LogP contribution in [0.25, 0.3) is 0 Å². The van der Waals surface area contributed by atoms with E-state index in [9.17, 15) is 14.4 Å². The molecule has 1 aromatic carbocycles. The molecule has 190 valence electrons. The Morgan fingerprint density at radius 2 is 1.49 bits per heavy atom. The van der Waals surface area contributed by atoms with E-state index in [2.05, 4.69) is 10.2 Å². The number of piperidine rings is 1. The van der Waals surface area contributed by atoms with Crippen molar-refractivity contribution in [3.8, 4) is 0 Å². The first-order chi connectivity index (χ1) is 17.1. The van der Waals surface area contributed by atoms with Crippen LogP contribution in [0.4, 0.5) is 5.69 Å². The molecule has 35 heavy (non-hydrogen) atoms. The van der Waals surface area contributed by atoms with Crippen molar-refractivity contribution in [2.75, 3.05) is 50.8 Å². The Morgan fingerprint density at radius 1 is 0.800 bits per heavy atom. The summed E-state index contributed by atoms with van der Waals surface area (Å²) in [5, 5.41) is 3.27. The maximum atomic E-state index is 13.5. The van der Waals surface area contributed by atoms with Crippen molar-refractivity contribution in [2.45, 2.75) is 63.5 Å². The van der Waals surface area contributed by atoms with E-state index < -0.39 is 0 Å². The minimum Gasteiger partial charge on any atom is -0.371 e. The highest BCUT2D eigenvalue weighted by Gasteiger charge is 2.33. The smallest absolute Gasteiger partial charge is 0.256 e. The van der Waals surface area contributed by atoms with Crippen LogP contribution in [0.2, 0.25) is 0 Å². The molecule has 1 atom stereocenters. The Hall–Kier alpha value is -2.61. The van der Waals surface area contributed by atoms with Crippen molar-refractivity contribution in [3.05, 3.63) is 29.8 Å². The van der Waals surface area contributed by atoms with Crippen molar-refractivity contribution in [1.29, 1.82) is 0 Å². The molecule has 1 aromatic rings. The molecular formula is C27H38N4O4. The summed E-state index contributed by atoms with van der Waals surface area (Å²) in [6.45, 7) is 4.50. The quantitative estimate of drug-likeness (QED) is 0.697. The largest absolute Gasteiger partial charge is 0.371 e.